The Morgan fingerprint density at radius 2 is 1.84 bits per heavy atom. The second-order valence-corrected chi connectivity index (χ2v) is 8.28. The molecule has 0 unspecified atom stereocenters. The standard InChI is InChI=1S/C20H22N6O4S/c1-4-30-15-7-10-18-17(11-15)12(2)22-20(24-18)25-19(21)26-31(28,29)16-8-5-14(6-9-16)23-13(3)27/h5-11H,4H2,1-3H3,(H,23,27)(H3,21,22,24,25,26)/p+1. The number of rotatable bonds is 6. The van der Waals surface area contributed by atoms with Crippen molar-refractivity contribution in [3.05, 3.63) is 48.2 Å². The fraction of sp³-hybridized carbons (Fsp3) is 0.200. The highest BCUT2D eigenvalue weighted by Crippen LogP contribution is 2.22. The van der Waals surface area contributed by atoms with Gasteiger partial charge in [-0.05, 0) is 56.3 Å². The zero-order chi connectivity index (χ0) is 22.6. The Bertz CT molecular complexity index is 1260. The van der Waals surface area contributed by atoms with Gasteiger partial charge in [0.1, 0.15) is 10.6 Å². The number of hydrogen-bond acceptors (Lipinski definition) is 6. The molecule has 0 saturated heterocycles. The zero-order valence-electron chi connectivity index (χ0n) is 17.3. The van der Waals surface area contributed by atoms with Crippen LogP contribution in [-0.2, 0) is 14.8 Å². The van der Waals surface area contributed by atoms with Crippen molar-refractivity contribution in [1.29, 1.82) is 0 Å². The number of anilines is 2. The number of nitrogens with two attached hydrogens (primary N) is 1. The molecule has 1 amide bonds. The Morgan fingerprint density at radius 1 is 1.13 bits per heavy atom. The topological polar surface area (TPSA) is 150 Å². The number of guanidine groups is 1. The van der Waals surface area contributed by atoms with Gasteiger partial charge in [-0.15, -0.1) is 0 Å². The van der Waals surface area contributed by atoms with E-state index in [-0.39, 0.29) is 22.7 Å². The summed E-state index contributed by atoms with van der Waals surface area (Å²) >= 11 is 0. The summed E-state index contributed by atoms with van der Waals surface area (Å²) in [6.07, 6.45) is 0. The van der Waals surface area contributed by atoms with Gasteiger partial charge in [-0.2, -0.15) is 17.8 Å². The molecule has 162 valence electrons. The fourth-order valence-electron chi connectivity index (χ4n) is 2.84. The van der Waals surface area contributed by atoms with E-state index in [0.29, 0.717) is 29.3 Å². The second kappa shape index (κ2) is 8.96. The van der Waals surface area contributed by atoms with Crippen LogP contribution in [0, 0.1) is 6.92 Å². The number of ether oxygens (including phenoxy) is 1. The van der Waals surface area contributed by atoms with Gasteiger partial charge in [0.25, 0.3) is 5.95 Å². The summed E-state index contributed by atoms with van der Waals surface area (Å²) in [6.45, 7) is 5.62. The number of carbonyl (C=O) groups is 1. The van der Waals surface area contributed by atoms with E-state index in [1.807, 2.05) is 19.9 Å². The zero-order valence-corrected chi connectivity index (χ0v) is 18.1. The van der Waals surface area contributed by atoms with Crippen molar-refractivity contribution in [3.8, 4) is 5.75 Å². The number of benzene rings is 2. The predicted molar refractivity (Wildman–Crippen MR) is 117 cm³/mol. The molecule has 2 aromatic carbocycles. The van der Waals surface area contributed by atoms with Crippen molar-refractivity contribution in [1.82, 2.24) is 9.97 Å². The van der Waals surface area contributed by atoms with Crippen LogP contribution in [0.5, 0.6) is 5.75 Å². The second-order valence-electron chi connectivity index (χ2n) is 6.59. The SMILES string of the molecule is CCOc1ccc2nc(NC(N)=[NH+]S(=O)(=O)c3ccc(NC(C)=O)cc3)nc(C)c2c1. The van der Waals surface area contributed by atoms with Crippen LogP contribution in [0.15, 0.2) is 47.4 Å². The van der Waals surface area contributed by atoms with Gasteiger partial charge < -0.3 is 10.1 Å². The van der Waals surface area contributed by atoms with Crippen LogP contribution in [-0.4, -0.2) is 36.9 Å². The Morgan fingerprint density at radius 3 is 2.48 bits per heavy atom. The molecule has 0 aliphatic heterocycles. The van der Waals surface area contributed by atoms with Crippen molar-refractivity contribution in [2.75, 3.05) is 17.2 Å². The van der Waals surface area contributed by atoms with E-state index in [1.54, 1.807) is 12.1 Å². The maximum atomic E-state index is 12.6. The van der Waals surface area contributed by atoms with Crippen molar-refractivity contribution < 1.29 is 22.3 Å². The maximum absolute atomic E-state index is 12.6. The third kappa shape index (κ3) is 5.45. The molecule has 1 heterocycles. The van der Waals surface area contributed by atoms with E-state index in [0.717, 1.165) is 5.39 Å². The average molecular weight is 444 g/mol. The lowest BCUT2D eigenvalue weighted by Gasteiger charge is -2.07. The molecular weight excluding hydrogens is 420 g/mol. The van der Waals surface area contributed by atoms with Gasteiger partial charge in [0.15, 0.2) is 0 Å². The van der Waals surface area contributed by atoms with Crippen molar-refractivity contribution in [2.24, 2.45) is 5.73 Å². The highest BCUT2D eigenvalue weighted by molar-refractivity contribution is 7.84. The average Bonchev–Trinajstić information content (AvgIpc) is 2.68. The number of nitrogens with one attached hydrogen (secondary N) is 3. The molecule has 0 bridgehead atoms. The first-order valence-corrected chi connectivity index (χ1v) is 10.9. The van der Waals surface area contributed by atoms with Gasteiger partial charge in [-0.25, -0.2) is 10.3 Å². The highest BCUT2D eigenvalue weighted by Gasteiger charge is 2.17. The Balaban J connectivity index is 1.82. The van der Waals surface area contributed by atoms with Crippen LogP contribution < -0.4 is 25.5 Å². The first kappa shape index (κ1) is 22.0. The van der Waals surface area contributed by atoms with Gasteiger partial charge in [0, 0.05) is 18.0 Å². The Labute approximate surface area is 179 Å². The van der Waals surface area contributed by atoms with Gasteiger partial charge in [-0.1, -0.05) is 0 Å². The van der Waals surface area contributed by atoms with E-state index in [2.05, 4.69) is 25.0 Å². The van der Waals surface area contributed by atoms with Crippen LogP contribution in [0.4, 0.5) is 11.6 Å². The lowest BCUT2D eigenvalue weighted by Crippen LogP contribution is -2.80. The van der Waals surface area contributed by atoms with Crippen LogP contribution in [0.3, 0.4) is 0 Å². The molecule has 0 atom stereocenters. The van der Waals surface area contributed by atoms with E-state index in [9.17, 15) is 13.2 Å². The molecule has 5 N–H and O–H groups in total. The maximum Gasteiger partial charge on any atom is 0.363 e. The van der Waals surface area contributed by atoms with Crippen molar-refractivity contribution in [2.45, 2.75) is 25.7 Å². The molecule has 3 rings (SSSR count). The van der Waals surface area contributed by atoms with E-state index in [1.165, 1.54) is 31.2 Å². The summed E-state index contributed by atoms with van der Waals surface area (Å²) < 4.78 is 32.8. The largest absolute Gasteiger partial charge is 0.494 e. The van der Waals surface area contributed by atoms with Crippen molar-refractivity contribution >= 4 is 44.4 Å². The number of amides is 1. The number of aryl methyl sites for hydroxylation is 1. The third-order valence-electron chi connectivity index (χ3n) is 4.14. The predicted octanol–water partition coefficient (Wildman–Crippen LogP) is 0.491. The molecule has 0 aliphatic carbocycles. The summed E-state index contributed by atoms with van der Waals surface area (Å²) in [4.78, 5) is 19.8. The summed E-state index contributed by atoms with van der Waals surface area (Å²) in [5.41, 5.74) is 7.66. The Kier molecular flexibility index (Phi) is 6.35. The number of carbonyl (C=O) groups excluding carboxylic acids is 1. The number of hydrogen-bond donors (Lipinski definition) is 4. The highest BCUT2D eigenvalue weighted by atomic mass is 32.2. The molecule has 31 heavy (non-hydrogen) atoms. The first-order chi connectivity index (χ1) is 14.7. The lowest BCUT2D eigenvalue weighted by atomic mass is 10.2. The molecular formula is C20H23N6O4S+. The van der Waals surface area contributed by atoms with Crippen LogP contribution in [0.2, 0.25) is 0 Å². The summed E-state index contributed by atoms with van der Waals surface area (Å²) in [7, 11) is -3.95. The van der Waals surface area contributed by atoms with Gasteiger partial charge >= 0.3 is 16.0 Å². The normalized spacial score (nSPS) is 11.9. The number of aromatic nitrogens is 2. The van der Waals surface area contributed by atoms with Crippen LogP contribution in [0.1, 0.15) is 19.5 Å². The molecule has 0 fully saturated rings. The van der Waals surface area contributed by atoms with Crippen molar-refractivity contribution in [3.63, 3.8) is 0 Å². The van der Waals surface area contributed by atoms with Crippen LogP contribution >= 0.6 is 0 Å². The van der Waals surface area contributed by atoms with E-state index >= 15 is 0 Å². The fourth-order valence-corrected chi connectivity index (χ4v) is 3.80. The molecule has 10 nitrogen and oxygen atoms in total. The van der Waals surface area contributed by atoms with Gasteiger partial charge in [-0.3, -0.25) is 10.5 Å². The number of sulfonamides is 1. The Hall–Kier alpha value is -3.73. The lowest BCUT2D eigenvalue weighted by molar-refractivity contribution is -0.268. The third-order valence-corrected chi connectivity index (χ3v) is 5.53. The number of nitrogens with zero attached hydrogens (tertiary/aromatic N) is 2. The first-order valence-electron chi connectivity index (χ1n) is 9.39. The minimum absolute atomic E-state index is 0.0228. The molecule has 0 radical (unpaired) electrons. The monoisotopic (exact) mass is 443 g/mol. The van der Waals surface area contributed by atoms with Crippen LogP contribution in [0.25, 0.3) is 10.9 Å². The van der Waals surface area contributed by atoms with E-state index in [4.69, 9.17) is 10.5 Å². The minimum Gasteiger partial charge on any atom is -0.494 e. The quantitative estimate of drug-likeness (QED) is 0.318. The smallest absolute Gasteiger partial charge is 0.363 e. The molecule has 0 spiro atoms. The molecule has 0 saturated carbocycles. The van der Waals surface area contributed by atoms with Gasteiger partial charge in [0.05, 0.1) is 17.8 Å². The molecule has 0 aliphatic rings. The minimum atomic E-state index is -3.95. The van der Waals surface area contributed by atoms with E-state index < -0.39 is 10.0 Å². The summed E-state index contributed by atoms with van der Waals surface area (Å²) in [6, 6.07) is 11.1. The van der Waals surface area contributed by atoms with Gasteiger partial charge in [0.2, 0.25) is 5.91 Å². The molecule has 1 aromatic heterocycles. The molecule has 11 heteroatoms. The number of fused-ring (bicyclic) bond motifs is 1. The summed E-state index contributed by atoms with van der Waals surface area (Å²) in [5, 5.41) is 6.05. The summed E-state index contributed by atoms with van der Waals surface area (Å²) in [5.74, 6) is 0.354. The molecule has 3 aromatic rings.